The zero-order chi connectivity index (χ0) is 10.9. The Hall–Kier alpha value is -0.120. The van der Waals surface area contributed by atoms with Gasteiger partial charge in [0.2, 0.25) is 0 Å². The van der Waals surface area contributed by atoms with E-state index in [9.17, 15) is 0 Å². The van der Waals surface area contributed by atoms with Crippen molar-refractivity contribution in [3.8, 4) is 0 Å². The van der Waals surface area contributed by atoms with Gasteiger partial charge >= 0.3 is 0 Å². The monoisotopic (exact) mass is 212 g/mol. The molecule has 0 aromatic heterocycles. The summed E-state index contributed by atoms with van der Waals surface area (Å²) in [5, 5.41) is 0. The summed E-state index contributed by atoms with van der Waals surface area (Å²) < 4.78 is 5.68. The highest BCUT2D eigenvalue weighted by Gasteiger charge is 2.44. The zero-order valence-corrected chi connectivity index (χ0v) is 10.0. The molecule has 0 amide bonds. The van der Waals surface area contributed by atoms with Crippen molar-refractivity contribution >= 4 is 0 Å². The Morgan fingerprint density at radius 3 is 2.67 bits per heavy atom. The van der Waals surface area contributed by atoms with Crippen LogP contribution in [0.1, 0.15) is 32.6 Å². The molecule has 0 bridgehead atoms. The molecule has 1 saturated carbocycles. The number of likely N-dealkylation sites (N-methyl/N-ethyl adjacent to an activating group) is 1. The van der Waals surface area contributed by atoms with E-state index in [-0.39, 0.29) is 5.54 Å². The largest absolute Gasteiger partial charge is 0.377 e. The first-order valence-electron chi connectivity index (χ1n) is 6.19. The van der Waals surface area contributed by atoms with Crippen molar-refractivity contribution in [2.24, 2.45) is 11.7 Å². The molecular formula is C12H24N2O. The van der Waals surface area contributed by atoms with Gasteiger partial charge in [0.05, 0.1) is 6.10 Å². The Bertz CT molecular complexity index is 208. The summed E-state index contributed by atoms with van der Waals surface area (Å²) >= 11 is 0. The predicted octanol–water partition coefficient (Wildman–Crippen LogP) is 1.22. The van der Waals surface area contributed by atoms with E-state index in [0.29, 0.717) is 6.10 Å². The third-order valence-corrected chi connectivity index (χ3v) is 4.15. The van der Waals surface area contributed by atoms with Gasteiger partial charge in [0.15, 0.2) is 0 Å². The highest BCUT2D eigenvalue weighted by Crippen LogP contribution is 2.41. The number of rotatable bonds is 4. The van der Waals surface area contributed by atoms with E-state index < -0.39 is 0 Å². The molecule has 2 N–H and O–H groups in total. The summed E-state index contributed by atoms with van der Waals surface area (Å²) in [5.74, 6) is 0.848. The lowest BCUT2D eigenvalue weighted by molar-refractivity contribution is -0.0254. The van der Waals surface area contributed by atoms with Crippen molar-refractivity contribution in [3.63, 3.8) is 0 Å². The Labute approximate surface area is 93.0 Å². The summed E-state index contributed by atoms with van der Waals surface area (Å²) in [7, 11) is 2.21. The maximum Gasteiger partial charge on any atom is 0.0702 e. The highest BCUT2D eigenvalue weighted by molar-refractivity contribution is 5.01. The van der Waals surface area contributed by atoms with E-state index in [1.807, 2.05) is 0 Å². The molecular weight excluding hydrogens is 188 g/mol. The van der Waals surface area contributed by atoms with Crippen molar-refractivity contribution in [3.05, 3.63) is 0 Å². The summed E-state index contributed by atoms with van der Waals surface area (Å²) in [4.78, 5) is 2.45. The van der Waals surface area contributed by atoms with Crippen molar-refractivity contribution in [1.29, 1.82) is 0 Å². The maximum atomic E-state index is 5.92. The minimum atomic E-state index is 0.283. The van der Waals surface area contributed by atoms with Gasteiger partial charge in [0.25, 0.3) is 0 Å². The fourth-order valence-electron chi connectivity index (χ4n) is 3.16. The van der Waals surface area contributed by atoms with E-state index in [0.717, 1.165) is 25.6 Å². The fraction of sp³-hybridized carbons (Fsp3) is 1.00. The quantitative estimate of drug-likeness (QED) is 0.761. The molecule has 15 heavy (non-hydrogen) atoms. The summed E-state index contributed by atoms with van der Waals surface area (Å²) in [5.41, 5.74) is 6.21. The molecule has 2 aliphatic rings. The molecule has 3 heteroatoms. The van der Waals surface area contributed by atoms with Gasteiger partial charge in [-0.2, -0.15) is 0 Å². The predicted molar refractivity (Wildman–Crippen MR) is 61.8 cm³/mol. The van der Waals surface area contributed by atoms with Crippen molar-refractivity contribution in [1.82, 2.24) is 4.90 Å². The average molecular weight is 212 g/mol. The van der Waals surface area contributed by atoms with Gasteiger partial charge in [-0.25, -0.2) is 0 Å². The first-order valence-corrected chi connectivity index (χ1v) is 6.19. The maximum absolute atomic E-state index is 5.92. The lowest BCUT2D eigenvalue weighted by Gasteiger charge is -2.52. The average Bonchev–Trinajstić information content (AvgIpc) is 2.64. The molecule has 1 heterocycles. The zero-order valence-electron chi connectivity index (χ0n) is 10.0. The van der Waals surface area contributed by atoms with Crippen LogP contribution in [-0.4, -0.2) is 43.3 Å². The van der Waals surface area contributed by atoms with Crippen LogP contribution >= 0.6 is 0 Å². The first-order chi connectivity index (χ1) is 7.16. The van der Waals surface area contributed by atoms with Crippen LogP contribution in [0, 0.1) is 5.92 Å². The van der Waals surface area contributed by atoms with Gasteiger partial charge in [-0.15, -0.1) is 0 Å². The molecule has 1 aliphatic carbocycles. The third kappa shape index (κ3) is 2.19. The van der Waals surface area contributed by atoms with Crippen molar-refractivity contribution < 1.29 is 4.74 Å². The van der Waals surface area contributed by atoms with Crippen LogP contribution in [0.4, 0.5) is 0 Å². The van der Waals surface area contributed by atoms with Crippen LogP contribution in [0.25, 0.3) is 0 Å². The number of nitrogens with two attached hydrogens (primary N) is 1. The Morgan fingerprint density at radius 1 is 1.47 bits per heavy atom. The Morgan fingerprint density at radius 2 is 2.20 bits per heavy atom. The second-order valence-electron chi connectivity index (χ2n) is 5.46. The molecule has 0 spiro atoms. The number of hydrogen-bond donors (Lipinski definition) is 1. The van der Waals surface area contributed by atoms with Gasteiger partial charge in [0.1, 0.15) is 0 Å². The van der Waals surface area contributed by atoms with Gasteiger partial charge < -0.3 is 10.5 Å². The molecule has 2 fully saturated rings. The van der Waals surface area contributed by atoms with Crippen LogP contribution < -0.4 is 5.73 Å². The molecule has 2 rings (SSSR count). The summed E-state index contributed by atoms with van der Waals surface area (Å²) in [6.45, 7) is 5.11. The molecule has 1 unspecified atom stereocenters. The highest BCUT2D eigenvalue weighted by atomic mass is 16.5. The van der Waals surface area contributed by atoms with Gasteiger partial charge in [-0.1, -0.05) is 6.92 Å². The lowest BCUT2D eigenvalue weighted by atomic mass is 9.68. The first kappa shape index (κ1) is 11.4. The minimum Gasteiger partial charge on any atom is -0.377 e. The summed E-state index contributed by atoms with van der Waals surface area (Å²) in [6, 6.07) is 0. The van der Waals surface area contributed by atoms with Crippen LogP contribution in [0.15, 0.2) is 0 Å². The Balaban J connectivity index is 1.85. The normalized spacial score (nSPS) is 40.8. The lowest BCUT2D eigenvalue weighted by Crippen LogP contribution is -2.61. The fourth-order valence-corrected chi connectivity index (χ4v) is 3.16. The molecule has 0 radical (unpaired) electrons. The topological polar surface area (TPSA) is 38.5 Å². The smallest absolute Gasteiger partial charge is 0.0702 e. The van der Waals surface area contributed by atoms with Crippen LogP contribution in [0.5, 0.6) is 0 Å². The third-order valence-electron chi connectivity index (χ3n) is 4.15. The van der Waals surface area contributed by atoms with E-state index in [1.54, 1.807) is 0 Å². The second-order valence-corrected chi connectivity index (χ2v) is 5.46. The summed E-state index contributed by atoms with van der Waals surface area (Å²) in [6.07, 6.45) is 5.42. The van der Waals surface area contributed by atoms with Gasteiger partial charge in [0, 0.05) is 25.2 Å². The van der Waals surface area contributed by atoms with Gasteiger partial charge in [-0.05, 0) is 38.6 Å². The molecule has 1 atom stereocenters. The Kier molecular flexibility index (Phi) is 3.33. The molecule has 1 aliphatic heterocycles. The van der Waals surface area contributed by atoms with E-state index >= 15 is 0 Å². The van der Waals surface area contributed by atoms with Crippen molar-refractivity contribution in [2.45, 2.75) is 44.2 Å². The molecule has 1 saturated heterocycles. The molecule has 88 valence electrons. The van der Waals surface area contributed by atoms with Crippen LogP contribution in [0.2, 0.25) is 0 Å². The van der Waals surface area contributed by atoms with E-state index in [2.05, 4.69) is 18.9 Å². The number of ether oxygens (including phenoxy) is 1. The molecule has 0 aromatic carbocycles. The van der Waals surface area contributed by atoms with Gasteiger partial charge in [-0.3, -0.25) is 4.90 Å². The second kappa shape index (κ2) is 4.40. The molecule has 3 nitrogen and oxygen atoms in total. The van der Waals surface area contributed by atoms with E-state index in [4.69, 9.17) is 10.5 Å². The van der Waals surface area contributed by atoms with Crippen LogP contribution in [0.3, 0.4) is 0 Å². The van der Waals surface area contributed by atoms with Crippen molar-refractivity contribution in [2.75, 3.05) is 26.7 Å². The van der Waals surface area contributed by atoms with E-state index in [1.165, 1.54) is 25.7 Å². The number of hydrogen-bond acceptors (Lipinski definition) is 3. The van der Waals surface area contributed by atoms with Crippen LogP contribution in [-0.2, 0) is 4.74 Å². The number of nitrogens with zero attached hydrogens (tertiary/aromatic N) is 1. The molecule has 0 aromatic rings. The standard InChI is InChI=1S/C12H24N2O/c1-10-6-12(7-10,9-13)14(2)8-11-4-3-5-15-11/h10-11H,3-9,13H2,1-2H3. The minimum absolute atomic E-state index is 0.283. The SMILES string of the molecule is CC1CC(CN)(N(C)CC2CCCO2)C1.